The lowest BCUT2D eigenvalue weighted by molar-refractivity contribution is -0.155. The van der Waals surface area contributed by atoms with Crippen molar-refractivity contribution in [2.45, 2.75) is 43.7 Å². The first-order chi connectivity index (χ1) is 8.33. The van der Waals surface area contributed by atoms with E-state index in [1.807, 2.05) is 51.3 Å². The third-order valence-electron chi connectivity index (χ3n) is 2.34. The fraction of sp³-hybridized carbons (Fsp3) is 0.500. The van der Waals surface area contributed by atoms with Crippen molar-refractivity contribution in [2.75, 3.05) is 6.26 Å². The first kappa shape index (κ1) is 15.1. The van der Waals surface area contributed by atoms with Crippen molar-refractivity contribution in [3.8, 4) is 0 Å². The van der Waals surface area contributed by atoms with Crippen LogP contribution in [0, 0.1) is 0 Å². The molecule has 0 aliphatic heterocycles. The second-order valence-electron chi connectivity index (χ2n) is 5.14. The van der Waals surface area contributed by atoms with Crippen LogP contribution in [0.15, 0.2) is 29.2 Å². The van der Waals surface area contributed by atoms with Crippen molar-refractivity contribution in [3.63, 3.8) is 0 Å². The summed E-state index contributed by atoms with van der Waals surface area (Å²) < 4.78 is 5.28. The average Bonchev–Trinajstić information content (AvgIpc) is 2.26. The van der Waals surface area contributed by atoms with Crippen LogP contribution in [-0.2, 0) is 9.53 Å². The largest absolute Gasteiger partial charge is 0.460 e. The van der Waals surface area contributed by atoms with Crippen LogP contribution < -0.4 is 5.73 Å². The predicted molar refractivity (Wildman–Crippen MR) is 75.6 cm³/mol. The Morgan fingerprint density at radius 3 is 2.56 bits per heavy atom. The summed E-state index contributed by atoms with van der Waals surface area (Å²) in [5, 5.41) is 0. The fourth-order valence-corrected chi connectivity index (χ4v) is 2.32. The quantitative estimate of drug-likeness (QED) is 0.672. The zero-order chi connectivity index (χ0) is 13.8. The van der Waals surface area contributed by atoms with E-state index >= 15 is 0 Å². The molecule has 0 saturated carbocycles. The van der Waals surface area contributed by atoms with E-state index in [1.165, 1.54) is 0 Å². The van der Waals surface area contributed by atoms with Crippen molar-refractivity contribution >= 4 is 17.7 Å². The molecule has 0 radical (unpaired) electrons. The summed E-state index contributed by atoms with van der Waals surface area (Å²) >= 11 is 1.63. The molecule has 1 aromatic rings. The second kappa shape index (κ2) is 6.25. The SMILES string of the molecule is CSc1ccccc1C(N)CC(=O)OC(C)(C)C. The van der Waals surface area contributed by atoms with Crippen LogP contribution in [0.5, 0.6) is 0 Å². The van der Waals surface area contributed by atoms with Gasteiger partial charge >= 0.3 is 5.97 Å². The van der Waals surface area contributed by atoms with Crippen LogP contribution in [0.4, 0.5) is 0 Å². The second-order valence-corrected chi connectivity index (χ2v) is 5.99. The van der Waals surface area contributed by atoms with Gasteiger partial charge in [-0.15, -0.1) is 11.8 Å². The summed E-state index contributed by atoms with van der Waals surface area (Å²) in [6, 6.07) is 7.55. The highest BCUT2D eigenvalue weighted by Gasteiger charge is 2.20. The molecule has 1 rings (SSSR count). The molecular weight excluding hydrogens is 246 g/mol. The van der Waals surface area contributed by atoms with Crippen LogP contribution in [-0.4, -0.2) is 17.8 Å². The Labute approximate surface area is 113 Å². The van der Waals surface area contributed by atoms with E-state index in [9.17, 15) is 4.79 Å². The number of ether oxygens (including phenoxy) is 1. The summed E-state index contributed by atoms with van der Waals surface area (Å²) in [6.07, 6.45) is 2.20. The van der Waals surface area contributed by atoms with Crippen LogP contribution in [0.2, 0.25) is 0 Å². The minimum absolute atomic E-state index is 0.203. The molecule has 0 bridgehead atoms. The van der Waals surface area contributed by atoms with E-state index < -0.39 is 5.60 Å². The number of hydrogen-bond acceptors (Lipinski definition) is 4. The first-order valence-corrected chi connectivity index (χ1v) is 7.16. The van der Waals surface area contributed by atoms with Gasteiger partial charge in [-0.3, -0.25) is 4.79 Å². The molecule has 18 heavy (non-hydrogen) atoms. The minimum atomic E-state index is -0.462. The van der Waals surface area contributed by atoms with Gasteiger partial charge in [0.15, 0.2) is 0 Å². The molecule has 0 saturated heterocycles. The van der Waals surface area contributed by atoms with E-state index in [4.69, 9.17) is 10.5 Å². The number of carbonyl (C=O) groups excluding carboxylic acids is 1. The summed E-state index contributed by atoms with van der Waals surface area (Å²) in [5.74, 6) is -0.258. The minimum Gasteiger partial charge on any atom is -0.460 e. The molecule has 0 aliphatic carbocycles. The molecule has 0 aromatic heterocycles. The van der Waals surface area contributed by atoms with Crippen LogP contribution in [0.3, 0.4) is 0 Å². The molecule has 0 fully saturated rings. The van der Waals surface area contributed by atoms with E-state index in [0.29, 0.717) is 0 Å². The van der Waals surface area contributed by atoms with Crippen molar-refractivity contribution in [1.82, 2.24) is 0 Å². The Balaban J connectivity index is 2.70. The lowest BCUT2D eigenvalue weighted by Gasteiger charge is -2.21. The zero-order valence-corrected chi connectivity index (χ0v) is 12.2. The molecule has 0 aliphatic rings. The number of benzene rings is 1. The van der Waals surface area contributed by atoms with Gasteiger partial charge in [0.05, 0.1) is 6.42 Å². The van der Waals surface area contributed by atoms with Gasteiger partial charge < -0.3 is 10.5 Å². The van der Waals surface area contributed by atoms with Gasteiger partial charge in [-0.1, -0.05) is 18.2 Å². The zero-order valence-electron chi connectivity index (χ0n) is 11.4. The summed E-state index contributed by atoms with van der Waals surface area (Å²) in [6.45, 7) is 5.56. The first-order valence-electron chi connectivity index (χ1n) is 5.94. The molecule has 1 aromatic carbocycles. The number of rotatable bonds is 4. The normalized spacial score (nSPS) is 13.2. The van der Waals surface area contributed by atoms with Crippen LogP contribution >= 0.6 is 11.8 Å². The van der Waals surface area contributed by atoms with Gasteiger partial charge in [0.1, 0.15) is 5.60 Å². The molecule has 4 heteroatoms. The number of thioether (sulfide) groups is 1. The van der Waals surface area contributed by atoms with Gasteiger partial charge in [-0.2, -0.15) is 0 Å². The molecule has 3 nitrogen and oxygen atoms in total. The van der Waals surface area contributed by atoms with Crippen LogP contribution in [0.1, 0.15) is 38.8 Å². The summed E-state index contributed by atoms with van der Waals surface area (Å²) in [5.41, 5.74) is 6.61. The van der Waals surface area contributed by atoms with E-state index in [-0.39, 0.29) is 18.4 Å². The predicted octanol–water partition coefficient (Wildman–Crippen LogP) is 3.14. The topological polar surface area (TPSA) is 52.3 Å². The Kier molecular flexibility index (Phi) is 5.23. The van der Waals surface area contributed by atoms with E-state index in [1.54, 1.807) is 11.8 Å². The Bertz CT molecular complexity index is 413. The van der Waals surface area contributed by atoms with Gasteiger partial charge in [0, 0.05) is 10.9 Å². The lowest BCUT2D eigenvalue weighted by atomic mass is 10.0. The van der Waals surface area contributed by atoms with Crippen molar-refractivity contribution in [3.05, 3.63) is 29.8 Å². The maximum Gasteiger partial charge on any atom is 0.308 e. The molecule has 0 amide bonds. The number of hydrogen-bond donors (Lipinski definition) is 1. The average molecular weight is 267 g/mol. The molecule has 1 unspecified atom stereocenters. The van der Waals surface area contributed by atoms with E-state index in [2.05, 4.69) is 0 Å². The van der Waals surface area contributed by atoms with Crippen molar-refractivity contribution in [2.24, 2.45) is 5.73 Å². The number of esters is 1. The molecule has 0 heterocycles. The lowest BCUT2D eigenvalue weighted by Crippen LogP contribution is -2.26. The third-order valence-corrected chi connectivity index (χ3v) is 3.16. The molecule has 100 valence electrons. The monoisotopic (exact) mass is 267 g/mol. The maximum absolute atomic E-state index is 11.7. The van der Waals surface area contributed by atoms with Gasteiger partial charge in [-0.05, 0) is 38.7 Å². The maximum atomic E-state index is 11.7. The highest BCUT2D eigenvalue weighted by molar-refractivity contribution is 7.98. The van der Waals surface area contributed by atoms with Gasteiger partial charge in [-0.25, -0.2) is 0 Å². The Morgan fingerprint density at radius 2 is 2.00 bits per heavy atom. The van der Waals surface area contributed by atoms with Crippen molar-refractivity contribution < 1.29 is 9.53 Å². The Morgan fingerprint density at radius 1 is 1.39 bits per heavy atom. The summed E-state index contributed by atoms with van der Waals surface area (Å²) in [4.78, 5) is 12.8. The van der Waals surface area contributed by atoms with Gasteiger partial charge in [0.2, 0.25) is 0 Å². The third kappa shape index (κ3) is 4.70. The number of nitrogens with two attached hydrogens (primary N) is 1. The summed E-state index contributed by atoms with van der Waals surface area (Å²) in [7, 11) is 0. The molecule has 2 N–H and O–H groups in total. The molecule has 0 spiro atoms. The van der Waals surface area contributed by atoms with Crippen molar-refractivity contribution in [1.29, 1.82) is 0 Å². The number of carbonyl (C=O) groups is 1. The highest BCUT2D eigenvalue weighted by Crippen LogP contribution is 2.26. The Hall–Kier alpha value is -1.00. The molecular formula is C14H21NO2S. The molecule has 1 atom stereocenters. The van der Waals surface area contributed by atoms with E-state index in [0.717, 1.165) is 10.5 Å². The standard InChI is InChI=1S/C14H21NO2S/c1-14(2,3)17-13(16)9-11(15)10-7-5-6-8-12(10)18-4/h5-8,11H,9,15H2,1-4H3. The van der Waals surface area contributed by atoms with Crippen LogP contribution in [0.25, 0.3) is 0 Å². The van der Waals surface area contributed by atoms with Gasteiger partial charge in [0.25, 0.3) is 0 Å². The smallest absolute Gasteiger partial charge is 0.308 e. The fourth-order valence-electron chi connectivity index (χ4n) is 1.65. The highest BCUT2D eigenvalue weighted by atomic mass is 32.2.